The Labute approximate surface area is 226 Å². The van der Waals surface area contributed by atoms with Gasteiger partial charge in [-0.15, -0.1) is 11.3 Å². The topological polar surface area (TPSA) is 76.2 Å². The van der Waals surface area contributed by atoms with E-state index in [-0.39, 0.29) is 35.9 Å². The highest BCUT2D eigenvalue weighted by molar-refractivity contribution is 7.89. The first kappa shape index (κ1) is 26.0. The summed E-state index contributed by atoms with van der Waals surface area (Å²) in [4.78, 5) is 16.9. The fourth-order valence-electron chi connectivity index (χ4n) is 4.56. The molecule has 10 heteroatoms. The number of carbonyl (C=O) groups is 1. The van der Waals surface area contributed by atoms with Crippen LogP contribution in [0.4, 0.5) is 0 Å². The third kappa shape index (κ3) is 5.95. The van der Waals surface area contributed by atoms with Gasteiger partial charge in [0.2, 0.25) is 15.9 Å². The molecule has 7 nitrogen and oxygen atoms in total. The summed E-state index contributed by atoms with van der Waals surface area (Å²) < 4.78 is 39.7. The second-order valence-corrected chi connectivity index (χ2v) is 12.7. The number of ether oxygens (including phenoxy) is 2. The zero-order chi connectivity index (χ0) is 26.0. The van der Waals surface area contributed by atoms with Gasteiger partial charge in [-0.2, -0.15) is 4.31 Å². The highest BCUT2D eigenvalue weighted by atomic mass is 35.5. The molecule has 1 saturated carbocycles. The maximum absolute atomic E-state index is 13.7. The lowest BCUT2D eigenvalue weighted by Gasteiger charge is -2.37. The molecule has 37 heavy (non-hydrogen) atoms. The molecule has 1 aliphatic carbocycles. The molecule has 1 amide bonds. The van der Waals surface area contributed by atoms with Crippen molar-refractivity contribution in [2.75, 3.05) is 33.4 Å². The molecule has 0 bridgehead atoms. The first-order valence-corrected chi connectivity index (χ1v) is 14.9. The Morgan fingerprint density at radius 2 is 1.78 bits per heavy atom. The zero-order valence-corrected chi connectivity index (χ0v) is 22.9. The average Bonchev–Trinajstić information content (AvgIpc) is 3.60. The molecular weight excluding hydrogens is 532 g/mol. The fraction of sp³-hybridized carbons (Fsp3) is 0.370. The number of amides is 1. The molecular formula is C27H29ClN2O5S2. The van der Waals surface area contributed by atoms with E-state index in [0.29, 0.717) is 29.6 Å². The number of carbonyl (C=O) groups excluding carboxylic acids is 1. The first-order valence-electron chi connectivity index (χ1n) is 12.2. The van der Waals surface area contributed by atoms with Crippen molar-refractivity contribution < 1.29 is 22.7 Å². The van der Waals surface area contributed by atoms with Gasteiger partial charge in [0, 0.05) is 23.0 Å². The Morgan fingerprint density at radius 3 is 2.46 bits per heavy atom. The number of thiophene rings is 1. The summed E-state index contributed by atoms with van der Waals surface area (Å²) in [6.07, 6.45) is 2.69. The van der Waals surface area contributed by atoms with Gasteiger partial charge < -0.3 is 14.4 Å². The van der Waals surface area contributed by atoms with Crippen molar-refractivity contribution in [2.24, 2.45) is 5.92 Å². The van der Waals surface area contributed by atoms with Crippen LogP contribution in [0.3, 0.4) is 0 Å². The standard InChI is InChI=1S/C27H29ClN2O5S2/c1-34-21-8-10-23(11-9-21)37(32,33)29(16-19-2-3-19)17-27(31)30-14-12-26-24(13-15-36-26)25(30)18-35-22-6-4-20(28)5-7-22/h4-11,13,15,19,25H,2-3,12,14,16-18H2,1H3. The van der Waals surface area contributed by atoms with Crippen LogP contribution in [0.15, 0.2) is 64.9 Å². The molecule has 2 heterocycles. The van der Waals surface area contributed by atoms with Gasteiger partial charge in [-0.3, -0.25) is 4.79 Å². The van der Waals surface area contributed by atoms with Gasteiger partial charge >= 0.3 is 0 Å². The number of hydrogen-bond donors (Lipinski definition) is 0. The molecule has 0 N–H and O–H groups in total. The molecule has 2 aliphatic rings. The Balaban J connectivity index is 1.36. The van der Waals surface area contributed by atoms with Crippen LogP contribution in [0.1, 0.15) is 29.3 Å². The minimum Gasteiger partial charge on any atom is -0.497 e. The maximum Gasteiger partial charge on any atom is 0.243 e. The summed E-state index contributed by atoms with van der Waals surface area (Å²) in [7, 11) is -2.32. The van der Waals surface area contributed by atoms with Crippen LogP contribution in [-0.2, 0) is 21.2 Å². The van der Waals surface area contributed by atoms with Gasteiger partial charge in [-0.25, -0.2) is 8.42 Å². The smallest absolute Gasteiger partial charge is 0.243 e. The third-order valence-corrected chi connectivity index (χ3v) is 9.88. The van der Waals surface area contributed by atoms with Crippen molar-refractivity contribution in [1.82, 2.24) is 9.21 Å². The second-order valence-electron chi connectivity index (χ2n) is 9.33. The molecule has 5 rings (SSSR count). The fourth-order valence-corrected chi connectivity index (χ4v) is 7.07. The Kier molecular flexibility index (Phi) is 7.76. The van der Waals surface area contributed by atoms with Gasteiger partial charge in [-0.1, -0.05) is 11.6 Å². The molecule has 0 saturated heterocycles. The van der Waals surface area contributed by atoms with Crippen molar-refractivity contribution in [3.05, 3.63) is 75.4 Å². The van der Waals surface area contributed by atoms with Gasteiger partial charge in [0.05, 0.1) is 24.6 Å². The quantitative estimate of drug-likeness (QED) is 0.348. The molecule has 1 fully saturated rings. The van der Waals surface area contributed by atoms with Crippen LogP contribution < -0.4 is 9.47 Å². The van der Waals surface area contributed by atoms with Gasteiger partial charge in [-0.05, 0) is 90.7 Å². The van der Waals surface area contributed by atoms with Crippen molar-refractivity contribution in [2.45, 2.75) is 30.2 Å². The number of rotatable bonds is 10. The van der Waals surface area contributed by atoms with E-state index in [1.807, 2.05) is 11.4 Å². The van der Waals surface area contributed by atoms with Crippen molar-refractivity contribution >= 4 is 38.9 Å². The van der Waals surface area contributed by atoms with E-state index in [9.17, 15) is 13.2 Å². The lowest BCUT2D eigenvalue weighted by atomic mass is 10.0. The minimum absolute atomic E-state index is 0.156. The van der Waals surface area contributed by atoms with E-state index in [4.69, 9.17) is 21.1 Å². The Hall–Kier alpha value is -2.59. The molecule has 196 valence electrons. The molecule has 1 unspecified atom stereocenters. The van der Waals surface area contributed by atoms with E-state index in [1.165, 1.54) is 28.4 Å². The SMILES string of the molecule is COc1ccc(S(=O)(=O)N(CC(=O)N2CCc3sccc3C2COc2ccc(Cl)cc2)CC2CC2)cc1. The molecule has 0 radical (unpaired) electrons. The van der Waals surface area contributed by atoms with Gasteiger partial charge in [0.25, 0.3) is 0 Å². The number of methoxy groups -OCH3 is 1. The molecule has 2 aromatic carbocycles. The number of benzene rings is 2. The highest BCUT2D eigenvalue weighted by Gasteiger charge is 2.37. The number of halogens is 1. The third-order valence-electron chi connectivity index (χ3n) is 6.80. The van der Waals surface area contributed by atoms with E-state index in [0.717, 1.165) is 24.8 Å². The number of nitrogens with zero attached hydrogens (tertiary/aromatic N) is 2. The minimum atomic E-state index is -3.85. The van der Waals surface area contributed by atoms with Crippen LogP contribution in [0.5, 0.6) is 11.5 Å². The van der Waals surface area contributed by atoms with Crippen molar-refractivity contribution in [3.63, 3.8) is 0 Å². The summed E-state index contributed by atoms with van der Waals surface area (Å²) in [5, 5.41) is 2.65. The van der Waals surface area contributed by atoms with E-state index >= 15 is 0 Å². The monoisotopic (exact) mass is 560 g/mol. The Morgan fingerprint density at radius 1 is 1.08 bits per heavy atom. The molecule has 3 aromatic rings. The molecule has 0 spiro atoms. The molecule has 1 aliphatic heterocycles. The van der Waals surface area contributed by atoms with Crippen LogP contribution in [-0.4, -0.2) is 56.9 Å². The van der Waals surface area contributed by atoms with Crippen molar-refractivity contribution in [1.29, 1.82) is 0 Å². The average molecular weight is 561 g/mol. The summed E-state index contributed by atoms with van der Waals surface area (Å²) in [5.74, 6) is 1.30. The molecule has 1 aromatic heterocycles. The van der Waals surface area contributed by atoms with Gasteiger partial charge in [0.15, 0.2) is 0 Å². The summed E-state index contributed by atoms with van der Waals surface area (Å²) in [6.45, 7) is 0.914. The second kappa shape index (κ2) is 11.0. The number of fused-ring (bicyclic) bond motifs is 1. The van der Waals surface area contributed by atoms with Crippen LogP contribution >= 0.6 is 22.9 Å². The van der Waals surface area contributed by atoms with E-state index < -0.39 is 10.0 Å². The lowest BCUT2D eigenvalue weighted by Crippen LogP contribution is -2.48. The largest absolute Gasteiger partial charge is 0.497 e. The number of sulfonamides is 1. The predicted octanol–water partition coefficient (Wildman–Crippen LogP) is 5.02. The lowest BCUT2D eigenvalue weighted by molar-refractivity contribution is -0.135. The van der Waals surface area contributed by atoms with Crippen molar-refractivity contribution in [3.8, 4) is 11.5 Å². The summed E-state index contributed by atoms with van der Waals surface area (Å²) in [6, 6.07) is 15.1. The maximum atomic E-state index is 13.7. The zero-order valence-electron chi connectivity index (χ0n) is 20.5. The van der Waals surface area contributed by atoms with Gasteiger partial charge in [0.1, 0.15) is 18.1 Å². The van der Waals surface area contributed by atoms with E-state index in [2.05, 4.69) is 0 Å². The van der Waals surface area contributed by atoms with E-state index in [1.54, 1.807) is 52.6 Å². The predicted molar refractivity (Wildman–Crippen MR) is 144 cm³/mol. The highest BCUT2D eigenvalue weighted by Crippen LogP contribution is 2.35. The Bertz CT molecular complexity index is 1340. The molecule has 1 atom stereocenters. The first-order chi connectivity index (χ1) is 17.8. The summed E-state index contributed by atoms with van der Waals surface area (Å²) in [5.41, 5.74) is 1.06. The summed E-state index contributed by atoms with van der Waals surface area (Å²) >= 11 is 7.67. The normalized spacial score (nSPS) is 17.5. The van der Waals surface area contributed by atoms with Crippen LogP contribution in [0.25, 0.3) is 0 Å². The van der Waals surface area contributed by atoms with Crippen LogP contribution in [0, 0.1) is 5.92 Å². The number of hydrogen-bond acceptors (Lipinski definition) is 6. The van der Waals surface area contributed by atoms with Crippen LogP contribution in [0.2, 0.25) is 5.02 Å².